The summed E-state index contributed by atoms with van der Waals surface area (Å²) in [4.78, 5) is 21.5. The van der Waals surface area contributed by atoms with Crippen molar-refractivity contribution in [2.24, 2.45) is 0 Å². The Morgan fingerprint density at radius 3 is 2.50 bits per heavy atom. The summed E-state index contributed by atoms with van der Waals surface area (Å²) in [5, 5.41) is 12.1. The number of carbonyl (C=O) groups is 1. The molecule has 0 unspecified atom stereocenters. The van der Waals surface area contributed by atoms with Crippen molar-refractivity contribution in [3.8, 4) is 5.69 Å². The van der Waals surface area contributed by atoms with Crippen LogP contribution in [0.1, 0.15) is 54.7 Å². The molecule has 0 spiro atoms. The van der Waals surface area contributed by atoms with Crippen LogP contribution in [0.25, 0.3) is 5.69 Å². The number of hydrogen-bond acceptors (Lipinski definition) is 6. The first-order chi connectivity index (χ1) is 14.7. The molecule has 1 N–H and O–H groups in total. The topological polar surface area (TPSA) is 85.6 Å². The van der Waals surface area contributed by atoms with Crippen molar-refractivity contribution in [1.29, 1.82) is 0 Å². The molecule has 1 aliphatic rings. The SMILES string of the molecule is O=C(NC1CCCCCC1)c1nnn(-c2ccc(F)cc2)c1CSc1ncccn1. The molecule has 7 nitrogen and oxygen atoms in total. The number of hydrogen-bond donors (Lipinski definition) is 1. The average molecular weight is 427 g/mol. The van der Waals surface area contributed by atoms with Crippen molar-refractivity contribution < 1.29 is 9.18 Å². The number of aromatic nitrogens is 5. The summed E-state index contributed by atoms with van der Waals surface area (Å²) in [6, 6.07) is 7.86. The Kier molecular flexibility index (Phi) is 6.68. The van der Waals surface area contributed by atoms with Crippen LogP contribution in [-0.4, -0.2) is 36.9 Å². The Morgan fingerprint density at radius 2 is 1.80 bits per heavy atom. The van der Waals surface area contributed by atoms with Crippen LogP contribution >= 0.6 is 11.8 Å². The predicted octanol–water partition coefficient (Wildman–Crippen LogP) is 3.94. The van der Waals surface area contributed by atoms with Gasteiger partial charge in [-0.2, -0.15) is 0 Å². The van der Waals surface area contributed by atoms with E-state index in [4.69, 9.17) is 0 Å². The Balaban J connectivity index is 1.59. The third kappa shape index (κ3) is 5.02. The van der Waals surface area contributed by atoms with Gasteiger partial charge in [0.05, 0.1) is 11.4 Å². The molecule has 1 saturated carbocycles. The van der Waals surface area contributed by atoms with Crippen LogP contribution < -0.4 is 5.32 Å². The van der Waals surface area contributed by atoms with Crippen molar-refractivity contribution in [2.45, 2.75) is 55.5 Å². The van der Waals surface area contributed by atoms with E-state index in [9.17, 15) is 9.18 Å². The third-order valence-electron chi connectivity index (χ3n) is 5.12. The summed E-state index contributed by atoms with van der Waals surface area (Å²) in [6.45, 7) is 0. The largest absolute Gasteiger partial charge is 0.348 e. The van der Waals surface area contributed by atoms with Crippen LogP contribution in [0.4, 0.5) is 4.39 Å². The molecule has 4 rings (SSSR count). The molecule has 3 aromatic rings. The fourth-order valence-corrected chi connectivity index (χ4v) is 4.36. The van der Waals surface area contributed by atoms with Gasteiger partial charge in [-0.3, -0.25) is 4.79 Å². The van der Waals surface area contributed by atoms with Crippen LogP contribution in [0.15, 0.2) is 47.9 Å². The highest BCUT2D eigenvalue weighted by Crippen LogP contribution is 2.24. The molecule has 2 heterocycles. The van der Waals surface area contributed by atoms with Crippen LogP contribution in [0.3, 0.4) is 0 Å². The Labute approximate surface area is 178 Å². The lowest BCUT2D eigenvalue weighted by Gasteiger charge is -2.16. The molecular formula is C21H23FN6OS. The lowest BCUT2D eigenvalue weighted by atomic mass is 10.1. The molecule has 0 radical (unpaired) electrons. The van der Waals surface area contributed by atoms with Gasteiger partial charge in [0.1, 0.15) is 5.82 Å². The number of rotatable bonds is 6. The van der Waals surface area contributed by atoms with E-state index >= 15 is 0 Å². The van der Waals surface area contributed by atoms with Gasteiger partial charge in [0.25, 0.3) is 5.91 Å². The van der Waals surface area contributed by atoms with Crippen LogP contribution in [-0.2, 0) is 5.75 Å². The number of halogens is 1. The summed E-state index contributed by atoms with van der Waals surface area (Å²) < 4.78 is 15.0. The maximum Gasteiger partial charge on any atom is 0.274 e. The Bertz CT molecular complexity index is 971. The molecule has 1 aliphatic carbocycles. The van der Waals surface area contributed by atoms with E-state index in [1.807, 2.05) is 0 Å². The summed E-state index contributed by atoms with van der Waals surface area (Å²) >= 11 is 1.39. The second kappa shape index (κ2) is 9.80. The maximum absolute atomic E-state index is 13.4. The lowest BCUT2D eigenvalue weighted by Crippen LogP contribution is -2.35. The van der Waals surface area contributed by atoms with Gasteiger partial charge in [-0.1, -0.05) is 42.7 Å². The summed E-state index contributed by atoms with van der Waals surface area (Å²) in [5.74, 6) is -0.152. The smallest absolute Gasteiger partial charge is 0.274 e. The molecule has 1 aromatic carbocycles. The van der Waals surface area contributed by atoms with Crippen LogP contribution in [0.2, 0.25) is 0 Å². The molecular weight excluding hydrogens is 403 g/mol. The number of nitrogens with one attached hydrogen (secondary N) is 1. The molecule has 1 amide bonds. The zero-order chi connectivity index (χ0) is 20.8. The standard InChI is InChI=1S/C21H23FN6OS/c22-15-8-10-17(11-9-15)28-18(14-30-21-23-12-5-13-24-21)19(26-27-28)20(29)25-16-6-3-1-2-4-7-16/h5,8-13,16H,1-4,6-7,14H2,(H,25,29). The Hall–Kier alpha value is -2.81. The fraction of sp³-hybridized carbons (Fsp3) is 0.381. The number of carbonyl (C=O) groups excluding carboxylic acids is 1. The molecule has 156 valence electrons. The number of benzene rings is 1. The van der Waals surface area contributed by atoms with Gasteiger partial charge < -0.3 is 5.32 Å². The van der Waals surface area contributed by atoms with Crippen LogP contribution in [0.5, 0.6) is 0 Å². The minimum Gasteiger partial charge on any atom is -0.348 e. The summed E-state index contributed by atoms with van der Waals surface area (Å²) in [7, 11) is 0. The molecule has 1 fully saturated rings. The van der Waals surface area contributed by atoms with Crippen molar-refractivity contribution in [3.05, 3.63) is 59.9 Å². The van der Waals surface area contributed by atoms with Gasteiger partial charge in [0, 0.05) is 24.2 Å². The van der Waals surface area contributed by atoms with E-state index in [0.717, 1.165) is 25.7 Å². The molecule has 0 aliphatic heterocycles. The van der Waals surface area contributed by atoms with Gasteiger partial charge in [0.15, 0.2) is 10.9 Å². The summed E-state index contributed by atoms with van der Waals surface area (Å²) in [6.07, 6.45) is 10.00. The fourth-order valence-electron chi connectivity index (χ4n) is 3.57. The van der Waals surface area contributed by atoms with Crippen molar-refractivity contribution in [3.63, 3.8) is 0 Å². The maximum atomic E-state index is 13.4. The van der Waals surface area contributed by atoms with Gasteiger partial charge in [-0.25, -0.2) is 19.0 Å². The summed E-state index contributed by atoms with van der Waals surface area (Å²) in [5.41, 5.74) is 1.55. The zero-order valence-electron chi connectivity index (χ0n) is 16.5. The monoisotopic (exact) mass is 426 g/mol. The van der Waals surface area contributed by atoms with E-state index in [0.29, 0.717) is 22.3 Å². The zero-order valence-corrected chi connectivity index (χ0v) is 17.3. The second-order valence-corrected chi connectivity index (χ2v) is 8.20. The van der Waals surface area contributed by atoms with E-state index < -0.39 is 0 Å². The van der Waals surface area contributed by atoms with Crippen molar-refractivity contribution in [1.82, 2.24) is 30.3 Å². The van der Waals surface area contributed by atoms with E-state index in [1.165, 1.54) is 36.7 Å². The van der Waals surface area contributed by atoms with Crippen molar-refractivity contribution in [2.75, 3.05) is 0 Å². The number of nitrogens with zero attached hydrogens (tertiary/aromatic N) is 5. The highest BCUT2D eigenvalue weighted by molar-refractivity contribution is 7.98. The quantitative estimate of drug-likeness (QED) is 0.365. The van der Waals surface area contributed by atoms with E-state index in [2.05, 4.69) is 25.6 Å². The van der Waals surface area contributed by atoms with Crippen LogP contribution in [0, 0.1) is 5.82 Å². The Morgan fingerprint density at radius 1 is 1.10 bits per heavy atom. The highest BCUT2D eigenvalue weighted by atomic mass is 32.2. The van der Waals surface area contributed by atoms with E-state index in [-0.39, 0.29) is 23.5 Å². The normalized spacial score (nSPS) is 15.0. The average Bonchev–Trinajstić information content (AvgIpc) is 3.02. The lowest BCUT2D eigenvalue weighted by molar-refractivity contribution is 0.0927. The molecule has 0 saturated heterocycles. The molecule has 0 atom stereocenters. The van der Waals surface area contributed by atoms with E-state index in [1.54, 1.807) is 35.3 Å². The highest BCUT2D eigenvalue weighted by Gasteiger charge is 2.24. The molecule has 0 bridgehead atoms. The van der Waals surface area contributed by atoms with Gasteiger partial charge in [-0.05, 0) is 43.2 Å². The minimum absolute atomic E-state index is 0.161. The molecule has 2 aromatic heterocycles. The first kappa shape index (κ1) is 20.5. The molecule has 30 heavy (non-hydrogen) atoms. The second-order valence-electron chi connectivity index (χ2n) is 7.25. The van der Waals surface area contributed by atoms with Gasteiger partial charge >= 0.3 is 0 Å². The molecule has 9 heteroatoms. The minimum atomic E-state index is -0.334. The first-order valence-corrected chi connectivity index (χ1v) is 11.1. The first-order valence-electron chi connectivity index (χ1n) is 10.1. The van der Waals surface area contributed by atoms with Gasteiger partial charge in [-0.15, -0.1) is 5.10 Å². The third-order valence-corrected chi connectivity index (χ3v) is 6.01. The number of amides is 1. The predicted molar refractivity (Wildman–Crippen MR) is 112 cm³/mol. The van der Waals surface area contributed by atoms with Gasteiger partial charge in [0.2, 0.25) is 0 Å². The number of thioether (sulfide) groups is 1. The van der Waals surface area contributed by atoms with Crippen molar-refractivity contribution >= 4 is 17.7 Å².